The van der Waals surface area contributed by atoms with Gasteiger partial charge in [0.2, 0.25) is 0 Å². The average Bonchev–Trinajstić information content (AvgIpc) is 2.02. The number of rotatable bonds is 2. The fourth-order valence-electron chi connectivity index (χ4n) is 0.514. The minimum Gasteiger partial charge on any atom is -0.468 e. The molecule has 5 nitrogen and oxygen atoms in total. The lowest BCUT2D eigenvalue weighted by Gasteiger charge is -2.09. The van der Waals surface area contributed by atoms with Gasteiger partial charge in [0.1, 0.15) is 0 Å². The lowest BCUT2D eigenvalue weighted by Crippen LogP contribution is -2.30. The summed E-state index contributed by atoms with van der Waals surface area (Å²) in [6.45, 7) is 3.38. The van der Waals surface area contributed by atoms with Crippen molar-refractivity contribution < 1.29 is 9.47 Å². The SMILES string of the molecule is COC(=NC(C)OC)NC(C)=N. The first-order valence-electron chi connectivity index (χ1n) is 3.57. The highest BCUT2D eigenvalue weighted by Gasteiger charge is 2.01. The number of nitrogens with zero attached hydrogens (tertiary/aromatic N) is 1. The van der Waals surface area contributed by atoms with Crippen molar-refractivity contribution in [3.05, 3.63) is 0 Å². The highest BCUT2D eigenvalue weighted by molar-refractivity contribution is 5.94. The maximum absolute atomic E-state index is 7.12. The van der Waals surface area contributed by atoms with Crippen LogP contribution >= 0.6 is 0 Å². The van der Waals surface area contributed by atoms with Gasteiger partial charge in [-0.15, -0.1) is 0 Å². The molecule has 0 aliphatic carbocycles. The number of aliphatic imine (C=N–C) groups is 1. The zero-order valence-corrected chi connectivity index (χ0v) is 7.84. The van der Waals surface area contributed by atoms with Crippen LogP contribution in [0.3, 0.4) is 0 Å². The molecule has 2 N–H and O–H groups in total. The molecule has 0 aromatic heterocycles. The first-order valence-corrected chi connectivity index (χ1v) is 3.57. The number of amidine groups is 2. The molecule has 1 unspecified atom stereocenters. The first kappa shape index (κ1) is 10.9. The number of ether oxygens (including phenoxy) is 2. The van der Waals surface area contributed by atoms with Gasteiger partial charge in [-0.1, -0.05) is 0 Å². The summed E-state index contributed by atoms with van der Waals surface area (Å²) in [4.78, 5) is 3.97. The van der Waals surface area contributed by atoms with Gasteiger partial charge in [-0.3, -0.25) is 10.7 Å². The van der Waals surface area contributed by atoms with Crippen molar-refractivity contribution in [1.29, 1.82) is 5.41 Å². The van der Waals surface area contributed by atoms with Gasteiger partial charge in [-0.05, 0) is 13.8 Å². The van der Waals surface area contributed by atoms with Crippen LogP contribution in [0.25, 0.3) is 0 Å². The van der Waals surface area contributed by atoms with Gasteiger partial charge in [-0.2, -0.15) is 0 Å². The van der Waals surface area contributed by atoms with Crippen molar-refractivity contribution >= 4 is 11.9 Å². The molecule has 0 spiro atoms. The van der Waals surface area contributed by atoms with Crippen LogP contribution in [0.5, 0.6) is 0 Å². The zero-order valence-electron chi connectivity index (χ0n) is 7.84. The molecule has 0 aromatic rings. The van der Waals surface area contributed by atoms with E-state index < -0.39 is 0 Å². The van der Waals surface area contributed by atoms with Crippen molar-refractivity contribution in [2.24, 2.45) is 4.99 Å². The Kier molecular flexibility index (Phi) is 5.03. The van der Waals surface area contributed by atoms with Crippen LogP contribution in [0.15, 0.2) is 4.99 Å². The Balaban J connectivity index is 4.12. The Morgan fingerprint density at radius 3 is 2.42 bits per heavy atom. The van der Waals surface area contributed by atoms with Gasteiger partial charge < -0.3 is 9.47 Å². The molecule has 0 amide bonds. The highest BCUT2D eigenvalue weighted by Crippen LogP contribution is 1.90. The maximum Gasteiger partial charge on any atom is 0.292 e. The van der Waals surface area contributed by atoms with E-state index in [0.717, 1.165) is 0 Å². The molecule has 0 saturated heterocycles. The number of nitrogens with one attached hydrogen (secondary N) is 2. The van der Waals surface area contributed by atoms with Crippen molar-refractivity contribution in [2.75, 3.05) is 14.2 Å². The van der Waals surface area contributed by atoms with E-state index in [1.165, 1.54) is 7.11 Å². The topological polar surface area (TPSA) is 66.7 Å². The molecule has 0 heterocycles. The van der Waals surface area contributed by atoms with E-state index in [-0.39, 0.29) is 18.1 Å². The van der Waals surface area contributed by atoms with E-state index in [4.69, 9.17) is 14.9 Å². The minimum atomic E-state index is -0.271. The maximum atomic E-state index is 7.12. The molecule has 1 atom stereocenters. The molecule has 0 saturated carbocycles. The second-order valence-corrected chi connectivity index (χ2v) is 2.22. The fourth-order valence-corrected chi connectivity index (χ4v) is 0.514. The van der Waals surface area contributed by atoms with Crippen LogP contribution in [-0.4, -0.2) is 32.3 Å². The second-order valence-electron chi connectivity index (χ2n) is 2.22. The Morgan fingerprint density at radius 2 is 2.08 bits per heavy atom. The third kappa shape index (κ3) is 4.68. The third-order valence-electron chi connectivity index (χ3n) is 1.13. The Labute approximate surface area is 72.3 Å². The molecule has 0 aliphatic rings. The standard InChI is InChI=1S/C7H15N3O2/c1-5(8)9-7(12-4)10-6(2)11-3/h6H,1-4H3,(H2,8,9,10). The van der Waals surface area contributed by atoms with E-state index in [2.05, 4.69) is 10.3 Å². The molecular weight excluding hydrogens is 158 g/mol. The van der Waals surface area contributed by atoms with Gasteiger partial charge in [0.05, 0.1) is 12.9 Å². The summed E-state index contributed by atoms with van der Waals surface area (Å²) < 4.78 is 9.74. The summed E-state index contributed by atoms with van der Waals surface area (Å²) >= 11 is 0. The van der Waals surface area contributed by atoms with Crippen LogP contribution < -0.4 is 5.32 Å². The second kappa shape index (κ2) is 5.54. The summed E-state index contributed by atoms with van der Waals surface area (Å²) in [5.74, 6) is 0.277. The molecule has 0 bridgehead atoms. The van der Waals surface area contributed by atoms with Crippen molar-refractivity contribution in [1.82, 2.24) is 5.32 Å². The molecule has 0 rings (SSSR count). The quantitative estimate of drug-likeness (QED) is 0.474. The Bertz CT molecular complexity index is 179. The Hall–Kier alpha value is -1.10. The summed E-state index contributed by atoms with van der Waals surface area (Å²) in [6, 6.07) is 0.289. The third-order valence-corrected chi connectivity index (χ3v) is 1.13. The van der Waals surface area contributed by atoms with Crippen molar-refractivity contribution in [3.63, 3.8) is 0 Å². The zero-order chi connectivity index (χ0) is 9.56. The Morgan fingerprint density at radius 1 is 1.50 bits per heavy atom. The van der Waals surface area contributed by atoms with Crippen LogP contribution in [-0.2, 0) is 9.47 Å². The fraction of sp³-hybridized carbons (Fsp3) is 0.714. The van der Waals surface area contributed by atoms with Crippen molar-refractivity contribution in [2.45, 2.75) is 20.1 Å². The van der Waals surface area contributed by atoms with E-state index >= 15 is 0 Å². The molecular formula is C7H15N3O2. The summed E-state index contributed by atoms with van der Waals surface area (Å²) in [6.07, 6.45) is -0.271. The number of hydrogen-bond acceptors (Lipinski definition) is 4. The first-order chi connectivity index (χ1) is 5.60. The van der Waals surface area contributed by atoms with Gasteiger partial charge in [-0.25, -0.2) is 4.99 Å². The van der Waals surface area contributed by atoms with Crippen LogP contribution in [0.2, 0.25) is 0 Å². The van der Waals surface area contributed by atoms with Crippen LogP contribution in [0.4, 0.5) is 0 Å². The average molecular weight is 173 g/mol. The van der Waals surface area contributed by atoms with Crippen molar-refractivity contribution in [3.8, 4) is 0 Å². The predicted octanol–water partition coefficient (Wildman–Crippen LogP) is 0.568. The molecule has 12 heavy (non-hydrogen) atoms. The van der Waals surface area contributed by atoms with Crippen LogP contribution in [0, 0.1) is 5.41 Å². The molecule has 0 aromatic carbocycles. The van der Waals surface area contributed by atoms with Gasteiger partial charge >= 0.3 is 0 Å². The van der Waals surface area contributed by atoms with E-state index in [1.54, 1.807) is 21.0 Å². The molecule has 0 fully saturated rings. The normalized spacial score (nSPS) is 13.8. The molecule has 5 heteroatoms. The van der Waals surface area contributed by atoms with E-state index in [1.807, 2.05) is 0 Å². The molecule has 70 valence electrons. The molecule has 0 aliphatic heterocycles. The summed E-state index contributed by atoms with van der Waals surface area (Å²) in [7, 11) is 3.04. The van der Waals surface area contributed by atoms with Gasteiger partial charge in [0.25, 0.3) is 6.02 Å². The molecule has 0 radical (unpaired) electrons. The lowest BCUT2D eigenvalue weighted by atomic mass is 10.6. The van der Waals surface area contributed by atoms with E-state index in [0.29, 0.717) is 0 Å². The smallest absolute Gasteiger partial charge is 0.292 e. The number of methoxy groups -OCH3 is 2. The summed E-state index contributed by atoms with van der Waals surface area (Å²) in [5.41, 5.74) is 0. The van der Waals surface area contributed by atoms with Crippen LogP contribution in [0.1, 0.15) is 13.8 Å². The van der Waals surface area contributed by atoms with E-state index in [9.17, 15) is 0 Å². The largest absolute Gasteiger partial charge is 0.468 e. The van der Waals surface area contributed by atoms with Gasteiger partial charge in [0, 0.05) is 7.11 Å². The summed E-state index contributed by atoms with van der Waals surface area (Å²) in [5, 5.41) is 9.74. The lowest BCUT2D eigenvalue weighted by molar-refractivity contribution is 0.123. The number of hydrogen-bond donors (Lipinski definition) is 2. The minimum absolute atomic E-state index is 0.271. The van der Waals surface area contributed by atoms with Gasteiger partial charge in [0.15, 0.2) is 6.23 Å². The predicted molar refractivity (Wildman–Crippen MR) is 47.5 cm³/mol. The monoisotopic (exact) mass is 173 g/mol. The highest BCUT2D eigenvalue weighted by atomic mass is 16.5.